The van der Waals surface area contributed by atoms with Crippen molar-refractivity contribution in [3.05, 3.63) is 0 Å². The Morgan fingerprint density at radius 3 is 2.17 bits per heavy atom. The van der Waals surface area contributed by atoms with Gasteiger partial charge in [-0.15, -0.1) is 0 Å². The molecular weight excluding hydrogens is 166 g/mol. The number of rotatable bonds is 1. The lowest BCUT2D eigenvalue weighted by atomic mass is 9.96. The van der Waals surface area contributed by atoms with E-state index in [4.69, 9.17) is 0 Å². The van der Waals surface area contributed by atoms with Gasteiger partial charge < -0.3 is 4.90 Å². The Kier molecular flexibility index (Phi) is 3.36. The minimum Gasteiger partial charge on any atom is -0.301 e. The molecule has 12 heavy (non-hydrogen) atoms. The van der Waals surface area contributed by atoms with Gasteiger partial charge in [-0.05, 0) is 5.41 Å². The van der Waals surface area contributed by atoms with Gasteiger partial charge >= 0.3 is 0 Å². The number of nitrogens with zero attached hydrogens (tertiary/aromatic N) is 1. The fourth-order valence-corrected chi connectivity index (χ4v) is 2.80. The lowest BCUT2D eigenvalue weighted by Gasteiger charge is -2.33. The maximum atomic E-state index is 4.13. The molecule has 0 atom stereocenters. The minimum absolute atomic E-state index is 0.455. The Hall–Kier alpha value is 0.180. The van der Waals surface area contributed by atoms with Gasteiger partial charge in [-0.25, -0.2) is 0 Å². The average molecular weight is 187 g/mol. The maximum absolute atomic E-state index is 4.13. The molecule has 2 heteroatoms. The lowest BCUT2D eigenvalue weighted by molar-refractivity contribution is 0.207. The third kappa shape index (κ3) is 3.72. The van der Waals surface area contributed by atoms with Crippen LogP contribution in [0, 0.1) is 5.41 Å². The molecule has 1 aliphatic rings. The van der Waals surface area contributed by atoms with Crippen molar-refractivity contribution in [3.63, 3.8) is 0 Å². The van der Waals surface area contributed by atoms with Crippen molar-refractivity contribution in [1.29, 1.82) is 0 Å². The van der Waals surface area contributed by atoms with Crippen LogP contribution >= 0.6 is 10.5 Å². The van der Waals surface area contributed by atoms with Crippen molar-refractivity contribution in [2.45, 2.75) is 20.8 Å². The van der Waals surface area contributed by atoms with Gasteiger partial charge in [-0.3, -0.25) is 0 Å². The summed E-state index contributed by atoms with van der Waals surface area (Å²) in [6, 6.07) is 0. The van der Waals surface area contributed by atoms with Gasteiger partial charge in [0, 0.05) is 31.1 Å². The van der Waals surface area contributed by atoms with Crippen molar-refractivity contribution in [3.8, 4) is 0 Å². The number of hydrogen-bond donors (Lipinski definition) is 0. The zero-order valence-corrected chi connectivity index (χ0v) is 9.41. The predicted octanol–water partition coefficient (Wildman–Crippen LogP) is 2.05. The van der Waals surface area contributed by atoms with Crippen LogP contribution in [0.25, 0.3) is 0 Å². The first kappa shape index (κ1) is 10.3. The molecule has 1 heterocycles. The normalized spacial score (nSPS) is 22.9. The van der Waals surface area contributed by atoms with Crippen molar-refractivity contribution in [2.24, 2.45) is 5.41 Å². The molecule has 0 N–H and O–H groups in total. The van der Waals surface area contributed by atoms with Crippen molar-refractivity contribution < 1.29 is 0 Å². The molecule has 1 aliphatic heterocycles. The van der Waals surface area contributed by atoms with E-state index >= 15 is 0 Å². The van der Waals surface area contributed by atoms with Crippen molar-refractivity contribution >= 4 is 16.4 Å². The van der Waals surface area contributed by atoms with Gasteiger partial charge in [0.1, 0.15) is 0 Å². The second kappa shape index (κ2) is 3.93. The molecule has 0 spiro atoms. The zero-order valence-electron chi connectivity index (χ0n) is 8.60. The molecule has 0 amide bonds. The average Bonchev–Trinajstić information content (AvgIpc) is 1.91. The topological polar surface area (TPSA) is 3.24 Å². The summed E-state index contributed by atoms with van der Waals surface area (Å²) in [5, 5.41) is 0. The largest absolute Gasteiger partial charge is 0.301 e. The summed E-state index contributed by atoms with van der Waals surface area (Å²) in [6.45, 7) is 10.7. The molecule has 1 rings (SSSR count). The third-order valence-electron chi connectivity index (χ3n) is 2.09. The van der Waals surface area contributed by atoms with E-state index < -0.39 is 0 Å². The molecule has 1 nitrogen and oxygen atoms in total. The first-order valence-corrected chi connectivity index (χ1v) is 6.40. The van der Waals surface area contributed by atoms with Crippen molar-refractivity contribution in [1.82, 2.24) is 4.90 Å². The predicted molar refractivity (Wildman–Crippen MR) is 60.3 cm³/mol. The highest BCUT2D eigenvalue weighted by Gasteiger charge is 2.18. The lowest BCUT2D eigenvalue weighted by Crippen LogP contribution is -2.39. The molecule has 0 saturated carbocycles. The van der Waals surface area contributed by atoms with Crippen LogP contribution in [0.15, 0.2) is 0 Å². The van der Waals surface area contributed by atoms with E-state index in [1.54, 1.807) is 0 Å². The SMILES string of the molecule is C=S1CCN(CC(C)(C)C)CC1. The Labute approximate surface area is 79.1 Å². The smallest absolute Gasteiger partial charge is 0.00682 e. The Morgan fingerprint density at radius 2 is 1.75 bits per heavy atom. The van der Waals surface area contributed by atoms with Crippen LogP contribution in [-0.2, 0) is 0 Å². The van der Waals surface area contributed by atoms with E-state index in [9.17, 15) is 0 Å². The zero-order chi connectivity index (χ0) is 9.19. The van der Waals surface area contributed by atoms with Crippen LogP contribution in [0.3, 0.4) is 0 Å². The van der Waals surface area contributed by atoms with Crippen LogP contribution in [-0.4, -0.2) is 41.9 Å². The highest BCUT2D eigenvalue weighted by atomic mass is 32.2. The van der Waals surface area contributed by atoms with E-state index in [1.165, 1.54) is 31.1 Å². The summed E-state index contributed by atoms with van der Waals surface area (Å²) in [7, 11) is 0.469. The second-order valence-electron chi connectivity index (χ2n) is 4.86. The second-order valence-corrected chi connectivity index (χ2v) is 6.90. The van der Waals surface area contributed by atoms with E-state index in [-0.39, 0.29) is 0 Å². The molecule has 0 aromatic rings. The van der Waals surface area contributed by atoms with Crippen LogP contribution in [0.2, 0.25) is 0 Å². The first-order chi connectivity index (χ1) is 5.47. The summed E-state index contributed by atoms with van der Waals surface area (Å²) < 4.78 is 0. The van der Waals surface area contributed by atoms with Gasteiger partial charge in [-0.2, -0.15) is 10.5 Å². The molecule has 72 valence electrons. The summed E-state index contributed by atoms with van der Waals surface area (Å²) in [6.07, 6.45) is 0. The Balaban J connectivity index is 2.31. The summed E-state index contributed by atoms with van der Waals surface area (Å²) >= 11 is 0. The highest BCUT2D eigenvalue weighted by Crippen LogP contribution is 2.20. The summed E-state index contributed by atoms with van der Waals surface area (Å²) in [4.78, 5) is 2.58. The van der Waals surface area contributed by atoms with Crippen LogP contribution < -0.4 is 0 Å². The molecule has 0 unspecified atom stereocenters. The van der Waals surface area contributed by atoms with Crippen LogP contribution in [0.5, 0.6) is 0 Å². The van der Waals surface area contributed by atoms with Gasteiger partial charge in [0.25, 0.3) is 0 Å². The van der Waals surface area contributed by atoms with Gasteiger partial charge in [0.05, 0.1) is 0 Å². The van der Waals surface area contributed by atoms with Gasteiger partial charge in [0.2, 0.25) is 0 Å². The molecule has 0 bridgehead atoms. The molecule has 0 radical (unpaired) electrons. The van der Waals surface area contributed by atoms with Crippen LogP contribution in [0.4, 0.5) is 0 Å². The fourth-order valence-electron chi connectivity index (χ4n) is 1.56. The fraction of sp³-hybridized carbons (Fsp3) is 0.900. The summed E-state index contributed by atoms with van der Waals surface area (Å²) in [5.41, 5.74) is 0.455. The quantitative estimate of drug-likeness (QED) is 0.568. The third-order valence-corrected chi connectivity index (χ3v) is 3.61. The molecule has 0 aromatic heterocycles. The first-order valence-electron chi connectivity index (χ1n) is 4.67. The number of hydrogen-bond acceptors (Lipinski definition) is 1. The maximum Gasteiger partial charge on any atom is 0.00682 e. The van der Waals surface area contributed by atoms with E-state index in [0.717, 1.165) is 0 Å². The Bertz CT molecular complexity index is 159. The molecule has 1 fully saturated rings. The van der Waals surface area contributed by atoms with Gasteiger partial charge in [0.15, 0.2) is 0 Å². The van der Waals surface area contributed by atoms with E-state index in [2.05, 4.69) is 31.5 Å². The molecule has 0 aliphatic carbocycles. The minimum atomic E-state index is 0.455. The summed E-state index contributed by atoms with van der Waals surface area (Å²) in [5.74, 6) is 6.76. The van der Waals surface area contributed by atoms with Crippen LogP contribution in [0.1, 0.15) is 20.8 Å². The van der Waals surface area contributed by atoms with E-state index in [0.29, 0.717) is 15.9 Å². The monoisotopic (exact) mass is 187 g/mol. The Morgan fingerprint density at radius 1 is 1.25 bits per heavy atom. The van der Waals surface area contributed by atoms with Gasteiger partial charge in [-0.1, -0.05) is 26.6 Å². The standard InChI is InChI=1S/C10H21NS/c1-10(2,3)9-11-5-7-12(4)8-6-11/h4-9H2,1-3H3. The highest BCUT2D eigenvalue weighted by molar-refractivity contribution is 8.14. The molecular formula is C10H21NS. The van der Waals surface area contributed by atoms with Crippen molar-refractivity contribution in [2.75, 3.05) is 31.1 Å². The van der Waals surface area contributed by atoms with E-state index in [1.807, 2.05) is 0 Å². The molecule has 0 aromatic carbocycles. The molecule has 1 saturated heterocycles.